The van der Waals surface area contributed by atoms with Crippen molar-refractivity contribution in [2.24, 2.45) is 5.92 Å². The number of carbonyl (C=O) groups excluding carboxylic acids is 1. The Morgan fingerprint density at radius 2 is 2.20 bits per heavy atom. The summed E-state index contributed by atoms with van der Waals surface area (Å²) in [5.74, 6) is 0.423. The summed E-state index contributed by atoms with van der Waals surface area (Å²) >= 11 is 0. The van der Waals surface area contributed by atoms with E-state index in [0.29, 0.717) is 13.2 Å². The summed E-state index contributed by atoms with van der Waals surface area (Å²) in [5.41, 5.74) is 1.00. The van der Waals surface area contributed by atoms with Gasteiger partial charge >= 0.3 is 0 Å². The monoisotopic (exact) mass is 274 g/mol. The lowest BCUT2D eigenvalue weighted by Gasteiger charge is -2.41. The van der Waals surface area contributed by atoms with Crippen LogP contribution in [0.2, 0.25) is 0 Å². The summed E-state index contributed by atoms with van der Waals surface area (Å²) in [4.78, 5) is 14.5. The molecule has 1 fully saturated rings. The van der Waals surface area contributed by atoms with Gasteiger partial charge in [0, 0.05) is 19.0 Å². The molecule has 6 heteroatoms. The Balaban J connectivity index is 1.52. The molecule has 1 saturated heterocycles. The molecule has 2 aliphatic heterocycles. The van der Waals surface area contributed by atoms with E-state index in [9.17, 15) is 4.79 Å². The fourth-order valence-corrected chi connectivity index (χ4v) is 3.46. The predicted octanol–water partition coefficient (Wildman–Crippen LogP) is 0.916. The van der Waals surface area contributed by atoms with Gasteiger partial charge in [0.2, 0.25) is 5.91 Å². The number of carbonyl (C=O) groups is 1. The fourth-order valence-electron chi connectivity index (χ4n) is 3.46. The molecule has 3 aliphatic rings. The van der Waals surface area contributed by atoms with Crippen LogP contribution in [-0.4, -0.2) is 45.0 Å². The van der Waals surface area contributed by atoms with Crippen molar-refractivity contribution in [3.8, 4) is 0 Å². The second-order valence-electron chi connectivity index (χ2n) is 5.80. The quantitative estimate of drug-likeness (QED) is 0.714. The second-order valence-corrected chi connectivity index (χ2v) is 5.80. The van der Waals surface area contributed by atoms with E-state index >= 15 is 0 Å². The molecule has 1 aromatic heterocycles. The molecule has 2 atom stereocenters. The Hall–Kier alpha value is -1.69. The zero-order valence-electron chi connectivity index (χ0n) is 11.3. The van der Waals surface area contributed by atoms with Gasteiger partial charge in [-0.05, 0) is 19.3 Å². The van der Waals surface area contributed by atoms with E-state index in [4.69, 9.17) is 4.74 Å². The van der Waals surface area contributed by atoms with Crippen LogP contribution in [0.4, 0.5) is 0 Å². The minimum absolute atomic E-state index is 0.119. The van der Waals surface area contributed by atoms with Crippen molar-refractivity contribution in [3.05, 3.63) is 24.0 Å². The van der Waals surface area contributed by atoms with Gasteiger partial charge in [0.05, 0.1) is 30.6 Å². The van der Waals surface area contributed by atoms with Crippen molar-refractivity contribution in [3.63, 3.8) is 0 Å². The smallest absolute Gasteiger partial charge is 0.226 e. The molecule has 0 saturated carbocycles. The Morgan fingerprint density at radius 3 is 3.05 bits per heavy atom. The number of piperidine rings is 1. The molecule has 0 N–H and O–H groups in total. The van der Waals surface area contributed by atoms with Crippen molar-refractivity contribution in [2.45, 2.75) is 38.0 Å². The first-order valence-corrected chi connectivity index (χ1v) is 7.27. The maximum Gasteiger partial charge on any atom is 0.226 e. The maximum atomic E-state index is 12.5. The molecule has 0 aromatic carbocycles. The lowest BCUT2D eigenvalue weighted by Crippen LogP contribution is -2.51. The number of rotatable bonds is 1. The van der Waals surface area contributed by atoms with E-state index in [1.165, 1.54) is 0 Å². The number of likely N-dealkylation sites (tertiary alicyclic amines) is 1. The SMILES string of the molecule is O=C(C1CC=CC1)N1CC[C@@H]2OCc3cnnn3[C@@H]2C1. The highest BCUT2D eigenvalue weighted by atomic mass is 16.5. The Morgan fingerprint density at radius 1 is 1.35 bits per heavy atom. The van der Waals surface area contributed by atoms with Gasteiger partial charge in [-0.1, -0.05) is 17.4 Å². The molecule has 6 nitrogen and oxygen atoms in total. The van der Waals surface area contributed by atoms with Crippen molar-refractivity contribution < 1.29 is 9.53 Å². The van der Waals surface area contributed by atoms with Crippen molar-refractivity contribution in [1.82, 2.24) is 19.9 Å². The van der Waals surface area contributed by atoms with Crippen LogP contribution in [0.3, 0.4) is 0 Å². The minimum atomic E-state index is 0.119. The first-order valence-electron chi connectivity index (χ1n) is 7.27. The molecule has 0 unspecified atom stereocenters. The van der Waals surface area contributed by atoms with Crippen LogP contribution in [-0.2, 0) is 16.1 Å². The highest BCUT2D eigenvalue weighted by Crippen LogP contribution is 2.31. The number of hydrogen-bond acceptors (Lipinski definition) is 4. The first kappa shape index (κ1) is 12.1. The summed E-state index contributed by atoms with van der Waals surface area (Å²) in [6, 6.07) is 0.119. The zero-order valence-corrected chi connectivity index (χ0v) is 11.3. The number of nitrogens with zero attached hydrogens (tertiary/aromatic N) is 4. The van der Waals surface area contributed by atoms with Crippen LogP contribution < -0.4 is 0 Å². The third kappa shape index (κ3) is 1.86. The number of allylic oxidation sites excluding steroid dienone is 2. The van der Waals surface area contributed by atoms with E-state index in [0.717, 1.165) is 31.5 Å². The van der Waals surface area contributed by atoms with Gasteiger partial charge in [-0.25, -0.2) is 4.68 Å². The summed E-state index contributed by atoms with van der Waals surface area (Å²) in [7, 11) is 0. The van der Waals surface area contributed by atoms with Gasteiger partial charge in [-0.2, -0.15) is 0 Å². The highest BCUT2D eigenvalue weighted by Gasteiger charge is 2.39. The van der Waals surface area contributed by atoms with Crippen LogP contribution in [0.25, 0.3) is 0 Å². The molecule has 1 amide bonds. The van der Waals surface area contributed by atoms with E-state index in [1.54, 1.807) is 6.20 Å². The van der Waals surface area contributed by atoms with E-state index < -0.39 is 0 Å². The molecule has 20 heavy (non-hydrogen) atoms. The minimum Gasteiger partial charge on any atom is -0.370 e. The van der Waals surface area contributed by atoms with Crippen molar-refractivity contribution in [1.29, 1.82) is 0 Å². The maximum absolute atomic E-state index is 12.5. The van der Waals surface area contributed by atoms with Gasteiger partial charge < -0.3 is 9.64 Å². The van der Waals surface area contributed by atoms with E-state index in [2.05, 4.69) is 22.5 Å². The molecule has 1 aromatic rings. The van der Waals surface area contributed by atoms with Gasteiger partial charge in [-0.3, -0.25) is 4.79 Å². The summed E-state index contributed by atoms with van der Waals surface area (Å²) in [6.45, 7) is 2.06. The predicted molar refractivity (Wildman–Crippen MR) is 70.7 cm³/mol. The van der Waals surface area contributed by atoms with Crippen LogP contribution in [0.15, 0.2) is 18.3 Å². The average molecular weight is 274 g/mol. The standard InChI is InChI=1S/C14H18N4O2/c19-14(10-3-1-2-4-10)17-6-5-13-12(8-17)18-11(9-20-13)7-15-16-18/h1-2,7,10,12-13H,3-6,8-9H2/t12-,13+/m1/s1. The molecule has 3 heterocycles. The molecular weight excluding hydrogens is 256 g/mol. The third-order valence-corrected chi connectivity index (χ3v) is 4.60. The van der Waals surface area contributed by atoms with Crippen LogP contribution in [0, 0.1) is 5.92 Å². The first-order chi connectivity index (χ1) is 9.83. The number of amides is 1. The van der Waals surface area contributed by atoms with Gasteiger partial charge in [-0.15, -0.1) is 5.10 Å². The summed E-state index contributed by atoms with van der Waals surface area (Å²) in [5, 5.41) is 8.13. The molecule has 106 valence electrons. The highest BCUT2D eigenvalue weighted by molar-refractivity contribution is 5.79. The zero-order chi connectivity index (χ0) is 13.5. The topological polar surface area (TPSA) is 60.3 Å². The van der Waals surface area contributed by atoms with E-state index in [1.807, 2.05) is 9.58 Å². The molecule has 1 aliphatic carbocycles. The van der Waals surface area contributed by atoms with Gasteiger partial charge in [0.1, 0.15) is 0 Å². The lowest BCUT2D eigenvalue weighted by atomic mass is 9.97. The largest absolute Gasteiger partial charge is 0.370 e. The summed E-state index contributed by atoms with van der Waals surface area (Å²) in [6.07, 6.45) is 8.77. The lowest BCUT2D eigenvalue weighted by molar-refractivity contribution is -0.141. The normalized spacial score (nSPS) is 29.3. The Bertz CT molecular complexity index is 545. The number of hydrogen-bond donors (Lipinski definition) is 0. The Labute approximate surface area is 117 Å². The molecule has 0 bridgehead atoms. The number of aromatic nitrogens is 3. The average Bonchev–Trinajstić information content (AvgIpc) is 3.16. The molecule has 0 radical (unpaired) electrons. The van der Waals surface area contributed by atoms with Crippen LogP contribution in [0.1, 0.15) is 31.0 Å². The van der Waals surface area contributed by atoms with Crippen LogP contribution >= 0.6 is 0 Å². The number of fused-ring (bicyclic) bond motifs is 3. The number of ether oxygens (including phenoxy) is 1. The third-order valence-electron chi connectivity index (χ3n) is 4.60. The van der Waals surface area contributed by atoms with Gasteiger partial charge in [0.25, 0.3) is 0 Å². The molecule has 4 rings (SSSR count). The van der Waals surface area contributed by atoms with Gasteiger partial charge in [0.15, 0.2) is 0 Å². The molecular formula is C14H18N4O2. The van der Waals surface area contributed by atoms with Crippen molar-refractivity contribution >= 4 is 5.91 Å². The fraction of sp³-hybridized carbons (Fsp3) is 0.643. The van der Waals surface area contributed by atoms with E-state index in [-0.39, 0.29) is 24.0 Å². The van der Waals surface area contributed by atoms with Crippen molar-refractivity contribution in [2.75, 3.05) is 13.1 Å². The Kier molecular flexibility index (Phi) is 2.84. The summed E-state index contributed by atoms with van der Waals surface area (Å²) < 4.78 is 7.81. The molecule has 0 spiro atoms. The van der Waals surface area contributed by atoms with Crippen LogP contribution in [0.5, 0.6) is 0 Å². The second kappa shape index (κ2) is 4.70.